The second-order valence-corrected chi connectivity index (χ2v) is 5.71. The summed E-state index contributed by atoms with van der Waals surface area (Å²) in [6.07, 6.45) is 1.85. The number of carbonyl (C=O) groups excluding carboxylic acids is 1. The standard InChI is InChI=1S/C15H19Cl2NO3/c1-2-20-15(19)13-4-3-7-18(13)8-9-21-14-6-5-11(16)10-12(14)17/h5-6,10,13H,2-4,7-9H2,1H3. The third-order valence-electron chi connectivity index (χ3n) is 3.45. The van der Waals surface area contributed by atoms with Gasteiger partial charge in [0.25, 0.3) is 0 Å². The average Bonchev–Trinajstić information content (AvgIpc) is 2.90. The summed E-state index contributed by atoms with van der Waals surface area (Å²) in [6.45, 7) is 4.27. The van der Waals surface area contributed by atoms with Gasteiger partial charge in [0.05, 0.1) is 11.6 Å². The van der Waals surface area contributed by atoms with Gasteiger partial charge in [0.1, 0.15) is 18.4 Å². The highest BCUT2D eigenvalue weighted by Crippen LogP contribution is 2.27. The summed E-state index contributed by atoms with van der Waals surface area (Å²) in [7, 11) is 0. The Labute approximate surface area is 134 Å². The molecule has 0 spiro atoms. The molecule has 2 rings (SSSR count). The van der Waals surface area contributed by atoms with Crippen LogP contribution < -0.4 is 4.74 Å². The lowest BCUT2D eigenvalue weighted by molar-refractivity contribution is -0.148. The van der Waals surface area contributed by atoms with Crippen LogP contribution >= 0.6 is 23.2 Å². The van der Waals surface area contributed by atoms with Gasteiger partial charge in [-0.25, -0.2) is 0 Å². The fourth-order valence-electron chi connectivity index (χ4n) is 2.46. The fourth-order valence-corrected chi connectivity index (χ4v) is 2.93. The number of ether oxygens (including phenoxy) is 2. The molecule has 21 heavy (non-hydrogen) atoms. The Morgan fingerprint density at radius 2 is 2.24 bits per heavy atom. The maximum absolute atomic E-state index is 11.8. The van der Waals surface area contributed by atoms with Crippen molar-refractivity contribution in [1.29, 1.82) is 0 Å². The predicted octanol–water partition coefficient (Wildman–Crippen LogP) is 3.40. The molecule has 0 bridgehead atoms. The van der Waals surface area contributed by atoms with Gasteiger partial charge in [0.2, 0.25) is 0 Å². The van der Waals surface area contributed by atoms with Crippen LogP contribution in [0.25, 0.3) is 0 Å². The van der Waals surface area contributed by atoms with E-state index in [2.05, 4.69) is 4.90 Å². The number of hydrogen-bond acceptors (Lipinski definition) is 4. The molecular weight excluding hydrogens is 313 g/mol. The molecule has 1 fully saturated rings. The molecule has 1 aromatic rings. The number of hydrogen-bond donors (Lipinski definition) is 0. The third-order valence-corrected chi connectivity index (χ3v) is 3.98. The molecule has 1 aliphatic heterocycles. The zero-order valence-corrected chi connectivity index (χ0v) is 13.5. The molecule has 1 heterocycles. The smallest absolute Gasteiger partial charge is 0.323 e. The van der Waals surface area contributed by atoms with Gasteiger partial charge in [-0.3, -0.25) is 9.69 Å². The number of benzene rings is 1. The lowest BCUT2D eigenvalue weighted by Crippen LogP contribution is -2.39. The zero-order chi connectivity index (χ0) is 15.2. The van der Waals surface area contributed by atoms with E-state index >= 15 is 0 Å². The summed E-state index contributed by atoms with van der Waals surface area (Å²) < 4.78 is 10.8. The summed E-state index contributed by atoms with van der Waals surface area (Å²) in [5, 5.41) is 1.07. The van der Waals surface area contributed by atoms with Crippen molar-refractivity contribution in [1.82, 2.24) is 4.90 Å². The SMILES string of the molecule is CCOC(=O)C1CCCN1CCOc1ccc(Cl)cc1Cl. The summed E-state index contributed by atoms with van der Waals surface area (Å²) in [5.41, 5.74) is 0. The molecule has 0 amide bonds. The van der Waals surface area contributed by atoms with Crippen molar-refractivity contribution in [2.24, 2.45) is 0 Å². The summed E-state index contributed by atoms with van der Waals surface area (Å²) in [5.74, 6) is 0.465. The first kappa shape index (κ1) is 16.4. The molecule has 0 saturated carbocycles. The number of nitrogens with zero attached hydrogens (tertiary/aromatic N) is 1. The van der Waals surface area contributed by atoms with E-state index in [1.807, 2.05) is 6.92 Å². The van der Waals surface area contributed by atoms with Crippen LogP contribution in [0.4, 0.5) is 0 Å². The van der Waals surface area contributed by atoms with Gasteiger partial charge >= 0.3 is 5.97 Å². The molecular formula is C15H19Cl2NO3. The minimum Gasteiger partial charge on any atom is -0.491 e. The van der Waals surface area contributed by atoms with Crippen LogP contribution in [0.15, 0.2) is 18.2 Å². The maximum atomic E-state index is 11.8. The van der Waals surface area contributed by atoms with Gasteiger partial charge in [-0.2, -0.15) is 0 Å². The van der Waals surface area contributed by atoms with Crippen LogP contribution in [0.3, 0.4) is 0 Å². The van der Waals surface area contributed by atoms with Crippen molar-refractivity contribution in [3.8, 4) is 5.75 Å². The molecule has 0 N–H and O–H groups in total. The second-order valence-electron chi connectivity index (χ2n) is 4.87. The van der Waals surface area contributed by atoms with Crippen LogP contribution in [0.2, 0.25) is 10.0 Å². The predicted molar refractivity (Wildman–Crippen MR) is 83.2 cm³/mol. The molecule has 4 nitrogen and oxygen atoms in total. The monoisotopic (exact) mass is 331 g/mol. The van der Waals surface area contributed by atoms with E-state index in [-0.39, 0.29) is 12.0 Å². The number of carbonyl (C=O) groups is 1. The van der Waals surface area contributed by atoms with Crippen molar-refractivity contribution < 1.29 is 14.3 Å². The van der Waals surface area contributed by atoms with Crippen molar-refractivity contribution in [3.63, 3.8) is 0 Å². The van der Waals surface area contributed by atoms with Gasteiger partial charge in [-0.15, -0.1) is 0 Å². The van der Waals surface area contributed by atoms with Crippen molar-refractivity contribution in [2.45, 2.75) is 25.8 Å². The first-order chi connectivity index (χ1) is 10.1. The van der Waals surface area contributed by atoms with Crippen LogP contribution in [-0.2, 0) is 9.53 Å². The number of esters is 1. The highest BCUT2D eigenvalue weighted by Gasteiger charge is 2.31. The molecule has 1 saturated heterocycles. The van der Waals surface area contributed by atoms with Gasteiger partial charge < -0.3 is 9.47 Å². The number of rotatable bonds is 6. The minimum atomic E-state index is -0.144. The highest BCUT2D eigenvalue weighted by atomic mass is 35.5. The average molecular weight is 332 g/mol. The van der Waals surface area contributed by atoms with E-state index in [9.17, 15) is 4.79 Å². The molecule has 1 aliphatic rings. The van der Waals surface area contributed by atoms with Gasteiger partial charge in [-0.05, 0) is 44.5 Å². The molecule has 116 valence electrons. The van der Waals surface area contributed by atoms with Crippen molar-refractivity contribution in [3.05, 3.63) is 28.2 Å². The number of likely N-dealkylation sites (tertiary alicyclic amines) is 1. The van der Waals surface area contributed by atoms with E-state index in [4.69, 9.17) is 32.7 Å². The van der Waals surface area contributed by atoms with Crippen LogP contribution in [0, 0.1) is 0 Å². The molecule has 1 aromatic carbocycles. The molecule has 1 atom stereocenters. The van der Waals surface area contributed by atoms with Crippen molar-refractivity contribution in [2.75, 3.05) is 26.3 Å². The maximum Gasteiger partial charge on any atom is 0.323 e. The second kappa shape index (κ2) is 7.87. The molecule has 0 radical (unpaired) electrons. The molecule has 0 aromatic heterocycles. The third kappa shape index (κ3) is 4.50. The quantitative estimate of drug-likeness (QED) is 0.749. The van der Waals surface area contributed by atoms with E-state index in [1.54, 1.807) is 18.2 Å². The Hall–Kier alpha value is -0.970. The Balaban J connectivity index is 1.83. The van der Waals surface area contributed by atoms with E-state index in [0.717, 1.165) is 19.4 Å². The largest absolute Gasteiger partial charge is 0.491 e. The Morgan fingerprint density at radius 3 is 2.95 bits per heavy atom. The minimum absolute atomic E-state index is 0.139. The van der Waals surface area contributed by atoms with Crippen molar-refractivity contribution >= 4 is 29.2 Å². The summed E-state index contributed by atoms with van der Waals surface area (Å²) in [6, 6.07) is 4.99. The summed E-state index contributed by atoms with van der Waals surface area (Å²) in [4.78, 5) is 13.9. The molecule has 6 heteroatoms. The first-order valence-electron chi connectivity index (χ1n) is 7.10. The van der Waals surface area contributed by atoms with Gasteiger partial charge in [0.15, 0.2) is 0 Å². The molecule has 0 aliphatic carbocycles. The number of halogens is 2. The van der Waals surface area contributed by atoms with Gasteiger partial charge in [-0.1, -0.05) is 23.2 Å². The summed E-state index contributed by atoms with van der Waals surface area (Å²) >= 11 is 11.9. The van der Waals surface area contributed by atoms with E-state index in [0.29, 0.717) is 35.6 Å². The van der Waals surface area contributed by atoms with Crippen LogP contribution in [0.5, 0.6) is 5.75 Å². The first-order valence-corrected chi connectivity index (χ1v) is 7.86. The molecule has 1 unspecified atom stereocenters. The Bertz CT molecular complexity index is 496. The van der Waals surface area contributed by atoms with E-state index in [1.165, 1.54) is 0 Å². The fraction of sp³-hybridized carbons (Fsp3) is 0.533. The van der Waals surface area contributed by atoms with E-state index < -0.39 is 0 Å². The lowest BCUT2D eigenvalue weighted by atomic mass is 10.2. The normalized spacial score (nSPS) is 18.7. The van der Waals surface area contributed by atoms with Crippen LogP contribution in [0.1, 0.15) is 19.8 Å². The highest BCUT2D eigenvalue weighted by molar-refractivity contribution is 6.35. The van der Waals surface area contributed by atoms with Gasteiger partial charge in [0, 0.05) is 11.6 Å². The Kier molecular flexibility index (Phi) is 6.15. The zero-order valence-electron chi connectivity index (χ0n) is 12.0. The van der Waals surface area contributed by atoms with Crippen LogP contribution in [-0.4, -0.2) is 43.2 Å². The Morgan fingerprint density at radius 1 is 1.43 bits per heavy atom. The lowest BCUT2D eigenvalue weighted by Gasteiger charge is -2.22. The topological polar surface area (TPSA) is 38.8 Å².